The number of phenols is 1. The Kier molecular flexibility index (Phi) is 3.33. The molecule has 6 heteroatoms. The van der Waals surface area contributed by atoms with Crippen molar-refractivity contribution < 1.29 is 10.2 Å². The molecule has 1 aromatic carbocycles. The number of aromatic hydroxyl groups is 1. The molecule has 0 radical (unpaired) electrons. The first-order chi connectivity index (χ1) is 11.3. The summed E-state index contributed by atoms with van der Waals surface area (Å²) in [4.78, 5) is 4.68. The van der Waals surface area contributed by atoms with Gasteiger partial charge in [-0.1, -0.05) is 6.07 Å². The maximum absolute atomic E-state index is 9.67. The fourth-order valence-electron chi connectivity index (χ4n) is 2.50. The lowest BCUT2D eigenvalue weighted by Gasteiger charge is -2.03. The summed E-state index contributed by atoms with van der Waals surface area (Å²) in [5.74, 6) is 0.0920. The van der Waals surface area contributed by atoms with Gasteiger partial charge in [0.2, 0.25) is 0 Å². The second-order valence-electron chi connectivity index (χ2n) is 5.13. The van der Waals surface area contributed by atoms with Crippen molar-refractivity contribution in [2.75, 3.05) is 0 Å². The fraction of sp³-hybridized carbons (Fsp3) is 0.0588. The molecule has 0 saturated carbocycles. The van der Waals surface area contributed by atoms with E-state index < -0.39 is 0 Å². The Bertz CT molecular complexity index is 990. The van der Waals surface area contributed by atoms with E-state index in [-0.39, 0.29) is 12.4 Å². The molecule has 0 amide bonds. The molecule has 23 heavy (non-hydrogen) atoms. The molecule has 0 saturated heterocycles. The number of fused-ring (bicyclic) bond motifs is 1. The van der Waals surface area contributed by atoms with Gasteiger partial charge in [0.15, 0.2) is 0 Å². The summed E-state index contributed by atoms with van der Waals surface area (Å²) >= 11 is 1.55. The van der Waals surface area contributed by atoms with Gasteiger partial charge < -0.3 is 10.2 Å². The van der Waals surface area contributed by atoms with Crippen LogP contribution in [0.3, 0.4) is 0 Å². The Morgan fingerprint density at radius 1 is 1.17 bits per heavy atom. The van der Waals surface area contributed by atoms with E-state index in [1.54, 1.807) is 29.5 Å². The van der Waals surface area contributed by atoms with Gasteiger partial charge in [-0.25, -0.2) is 9.50 Å². The van der Waals surface area contributed by atoms with Crippen molar-refractivity contribution in [1.29, 1.82) is 0 Å². The molecular formula is C17H13N3O2S. The zero-order valence-electron chi connectivity index (χ0n) is 12.0. The van der Waals surface area contributed by atoms with Crippen LogP contribution in [0.5, 0.6) is 5.75 Å². The van der Waals surface area contributed by atoms with Crippen LogP contribution in [0.2, 0.25) is 0 Å². The van der Waals surface area contributed by atoms with Crippen molar-refractivity contribution in [2.24, 2.45) is 0 Å². The molecule has 4 aromatic rings. The molecule has 0 fully saturated rings. The number of rotatable bonds is 3. The minimum absolute atomic E-state index is 0.0920. The normalized spacial score (nSPS) is 11.2. The molecule has 0 aliphatic carbocycles. The summed E-state index contributed by atoms with van der Waals surface area (Å²) < 4.78 is 1.82. The van der Waals surface area contributed by atoms with E-state index in [9.17, 15) is 10.2 Å². The highest BCUT2D eigenvalue weighted by Crippen LogP contribution is 2.32. The van der Waals surface area contributed by atoms with Gasteiger partial charge in [-0.05, 0) is 30.3 Å². The third kappa shape index (κ3) is 2.38. The number of aliphatic hydroxyl groups excluding tert-OH is 1. The second-order valence-corrected chi connectivity index (χ2v) is 5.99. The second kappa shape index (κ2) is 5.49. The molecule has 0 atom stereocenters. The van der Waals surface area contributed by atoms with Crippen LogP contribution in [-0.2, 0) is 6.61 Å². The van der Waals surface area contributed by atoms with Crippen LogP contribution >= 0.6 is 11.3 Å². The predicted molar refractivity (Wildman–Crippen MR) is 89.3 cm³/mol. The molecule has 114 valence electrons. The van der Waals surface area contributed by atoms with Crippen molar-refractivity contribution >= 4 is 16.9 Å². The van der Waals surface area contributed by atoms with E-state index in [4.69, 9.17) is 0 Å². The number of hydrogen-bond acceptors (Lipinski definition) is 5. The zero-order valence-corrected chi connectivity index (χ0v) is 12.9. The number of aromatic nitrogens is 3. The Labute approximate surface area is 136 Å². The van der Waals surface area contributed by atoms with Crippen LogP contribution in [0.4, 0.5) is 0 Å². The zero-order chi connectivity index (χ0) is 15.8. The van der Waals surface area contributed by atoms with E-state index in [1.165, 1.54) is 0 Å². The van der Waals surface area contributed by atoms with Gasteiger partial charge in [-0.15, -0.1) is 11.3 Å². The van der Waals surface area contributed by atoms with Crippen LogP contribution in [-0.4, -0.2) is 24.8 Å². The van der Waals surface area contributed by atoms with Gasteiger partial charge in [0.05, 0.1) is 29.6 Å². The third-order valence-corrected chi connectivity index (χ3v) is 4.58. The van der Waals surface area contributed by atoms with Gasteiger partial charge in [0, 0.05) is 22.7 Å². The smallest absolute Gasteiger partial charge is 0.127 e. The van der Waals surface area contributed by atoms with E-state index >= 15 is 0 Å². The molecule has 0 bridgehead atoms. The minimum atomic E-state index is -0.204. The highest BCUT2D eigenvalue weighted by molar-refractivity contribution is 7.13. The lowest BCUT2D eigenvalue weighted by atomic mass is 10.1. The number of aliphatic hydroxyl groups is 1. The summed E-state index contributed by atoms with van der Waals surface area (Å²) in [6.07, 6.45) is 3.72. The quantitative estimate of drug-likeness (QED) is 0.607. The Morgan fingerprint density at radius 2 is 2.09 bits per heavy atom. The summed E-state index contributed by atoms with van der Waals surface area (Å²) in [5.41, 5.74) is 4.17. The first kappa shape index (κ1) is 13.9. The minimum Gasteiger partial charge on any atom is -0.508 e. The summed E-state index contributed by atoms with van der Waals surface area (Å²) in [6.45, 7) is -0.204. The highest BCUT2D eigenvalue weighted by atomic mass is 32.1. The Balaban J connectivity index is 1.77. The SMILES string of the molecule is OCc1cc(-c2csc(-c3cnn4ccccc34)n2)ccc1O. The molecule has 2 N–H and O–H groups in total. The third-order valence-electron chi connectivity index (χ3n) is 3.71. The first-order valence-corrected chi connectivity index (χ1v) is 7.95. The molecule has 5 nitrogen and oxygen atoms in total. The van der Waals surface area contributed by atoms with Gasteiger partial charge >= 0.3 is 0 Å². The van der Waals surface area contributed by atoms with Crippen molar-refractivity contribution in [1.82, 2.24) is 14.6 Å². The average molecular weight is 323 g/mol. The number of thiazole rings is 1. The fourth-order valence-corrected chi connectivity index (χ4v) is 3.35. The van der Waals surface area contributed by atoms with E-state index in [0.717, 1.165) is 27.3 Å². The summed E-state index contributed by atoms with van der Waals surface area (Å²) in [6, 6.07) is 11.0. The van der Waals surface area contributed by atoms with E-state index in [0.29, 0.717) is 5.56 Å². The number of nitrogens with zero attached hydrogens (tertiary/aromatic N) is 3. The lowest BCUT2D eigenvalue weighted by Crippen LogP contribution is -1.86. The molecule has 0 aliphatic heterocycles. The van der Waals surface area contributed by atoms with Crippen molar-refractivity contribution in [2.45, 2.75) is 6.61 Å². The molecule has 0 aliphatic rings. The highest BCUT2D eigenvalue weighted by Gasteiger charge is 2.12. The van der Waals surface area contributed by atoms with Crippen LogP contribution in [0, 0.1) is 0 Å². The Morgan fingerprint density at radius 3 is 2.96 bits per heavy atom. The van der Waals surface area contributed by atoms with Gasteiger partial charge in [-0.2, -0.15) is 5.10 Å². The van der Waals surface area contributed by atoms with Crippen molar-refractivity contribution in [3.05, 3.63) is 59.7 Å². The topological polar surface area (TPSA) is 70.7 Å². The average Bonchev–Trinajstić information content (AvgIpc) is 3.21. The number of hydrogen-bond donors (Lipinski definition) is 2. The molecule has 3 heterocycles. The van der Waals surface area contributed by atoms with Crippen LogP contribution < -0.4 is 0 Å². The molecule has 3 aromatic heterocycles. The van der Waals surface area contributed by atoms with E-state index in [1.807, 2.05) is 40.5 Å². The monoisotopic (exact) mass is 323 g/mol. The standard InChI is InChI=1S/C17H13N3O2S/c21-9-12-7-11(4-5-16(12)22)14-10-23-17(19-14)13-8-18-20-6-2-1-3-15(13)20/h1-8,10,21-22H,9H2. The lowest BCUT2D eigenvalue weighted by molar-refractivity contribution is 0.275. The molecule has 0 spiro atoms. The predicted octanol–water partition coefficient (Wildman–Crippen LogP) is 3.32. The molecule has 0 unspecified atom stereocenters. The maximum Gasteiger partial charge on any atom is 0.127 e. The van der Waals surface area contributed by atoms with Gasteiger partial charge in [0.1, 0.15) is 10.8 Å². The van der Waals surface area contributed by atoms with Crippen LogP contribution in [0.25, 0.3) is 27.3 Å². The Hall–Kier alpha value is -2.70. The number of pyridine rings is 1. The molecule has 4 rings (SSSR count). The van der Waals surface area contributed by atoms with Crippen molar-refractivity contribution in [3.63, 3.8) is 0 Å². The van der Waals surface area contributed by atoms with Crippen molar-refractivity contribution in [3.8, 4) is 27.6 Å². The number of benzene rings is 1. The largest absolute Gasteiger partial charge is 0.508 e. The first-order valence-electron chi connectivity index (χ1n) is 7.07. The summed E-state index contributed by atoms with van der Waals surface area (Å²) in [7, 11) is 0. The van der Waals surface area contributed by atoms with E-state index in [2.05, 4.69) is 10.1 Å². The van der Waals surface area contributed by atoms with Gasteiger partial charge in [-0.3, -0.25) is 0 Å². The molecular weight excluding hydrogens is 310 g/mol. The van der Waals surface area contributed by atoms with Crippen LogP contribution in [0.15, 0.2) is 54.2 Å². The summed E-state index contributed by atoms with van der Waals surface area (Å²) in [5, 5.41) is 26.1. The van der Waals surface area contributed by atoms with Gasteiger partial charge in [0.25, 0.3) is 0 Å². The van der Waals surface area contributed by atoms with Crippen LogP contribution in [0.1, 0.15) is 5.56 Å². The maximum atomic E-state index is 9.67.